The first kappa shape index (κ1) is 15.9. The highest BCUT2D eigenvalue weighted by atomic mass is 35.5. The Morgan fingerprint density at radius 2 is 2.14 bits per heavy atom. The molecule has 0 saturated carbocycles. The molecule has 0 atom stereocenters. The first-order valence-corrected chi connectivity index (χ1v) is 8.32. The Morgan fingerprint density at radius 3 is 2.86 bits per heavy atom. The van der Waals surface area contributed by atoms with Gasteiger partial charge in [0.2, 0.25) is 0 Å². The van der Waals surface area contributed by atoms with Gasteiger partial charge in [0.15, 0.2) is 5.96 Å². The van der Waals surface area contributed by atoms with Crippen LogP contribution in [-0.4, -0.2) is 19.0 Å². The van der Waals surface area contributed by atoms with E-state index in [9.17, 15) is 0 Å². The molecule has 0 aliphatic carbocycles. The highest BCUT2D eigenvalue weighted by Gasteiger charge is 1.99. The minimum absolute atomic E-state index is 0.712. The summed E-state index contributed by atoms with van der Waals surface area (Å²) in [5.41, 5.74) is 1.23. The Hall–Kier alpha value is -1.52. The number of nitrogens with one attached hydrogen (secondary N) is 2. The quantitative estimate of drug-likeness (QED) is 0.628. The molecule has 21 heavy (non-hydrogen) atoms. The summed E-state index contributed by atoms with van der Waals surface area (Å²) in [7, 11) is 0. The van der Waals surface area contributed by atoms with Gasteiger partial charge in [0.05, 0.1) is 6.54 Å². The summed E-state index contributed by atoms with van der Waals surface area (Å²) in [4.78, 5) is 5.85. The van der Waals surface area contributed by atoms with Crippen LogP contribution in [0.2, 0.25) is 5.02 Å². The van der Waals surface area contributed by atoms with Gasteiger partial charge in [-0.05, 0) is 42.5 Å². The first-order valence-electron chi connectivity index (χ1n) is 7.07. The van der Waals surface area contributed by atoms with Crippen molar-refractivity contribution in [1.82, 2.24) is 10.6 Å². The summed E-state index contributed by atoms with van der Waals surface area (Å²) in [5, 5.41) is 9.47. The lowest BCUT2D eigenvalue weighted by molar-refractivity contribution is 0.801. The fraction of sp³-hybridized carbons (Fsp3) is 0.312. The molecule has 1 heterocycles. The van der Waals surface area contributed by atoms with Gasteiger partial charge in [-0.1, -0.05) is 29.8 Å². The van der Waals surface area contributed by atoms with E-state index < -0.39 is 0 Å². The summed E-state index contributed by atoms with van der Waals surface area (Å²) < 4.78 is 0. The number of aliphatic imine (C=N–C) groups is 1. The lowest BCUT2D eigenvalue weighted by Crippen LogP contribution is -2.38. The normalized spacial score (nSPS) is 11.4. The van der Waals surface area contributed by atoms with Gasteiger partial charge in [0.1, 0.15) is 0 Å². The molecule has 0 bridgehead atoms. The van der Waals surface area contributed by atoms with E-state index >= 15 is 0 Å². The summed E-state index contributed by atoms with van der Waals surface area (Å²) in [6.45, 7) is 4.47. The zero-order chi connectivity index (χ0) is 14.9. The maximum atomic E-state index is 5.99. The van der Waals surface area contributed by atoms with Crippen molar-refractivity contribution in [3.8, 4) is 0 Å². The molecule has 5 heteroatoms. The van der Waals surface area contributed by atoms with Crippen LogP contribution >= 0.6 is 22.9 Å². The van der Waals surface area contributed by atoms with Crippen LogP contribution in [0.5, 0.6) is 0 Å². The molecule has 2 aromatic rings. The second kappa shape index (κ2) is 8.70. The number of thiophene rings is 1. The van der Waals surface area contributed by atoms with E-state index in [2.05, 4.69) is 46.1 Å². The molecule has 0 unspecified atom stereocenters. The molecule has 1 aromatic heterocycles. The first-order chi connectivity index (χ1) is 10.3. The lowest BCUT2D eigenvalue weighted by Gasteiger charge is -2.11. The largest absolute Gasteiger partial charge is 0.357 e. The molecule has 0 spiro atoms. The monoisotopic (exact) mass is 321 g/mol. The molecule has 3 nitrogen and oxygen atoms in total. The van der Waals surface area contributed by atoms with E-state index in [0.29, 0.717) is 6.54 Å². The van der Waals surface area contributed by atoms with Crippen LogP contribution < -0.4 is 10.6 Å². The molecule has 1 aromatic carbocycles. The van der Waals surface area contributed by atoms with Crippen LogP contribution in [0.1, 0.15) is 17.4 Å². The van der Waals surface area contributed by atoms with Crippen molar-refractivity contribution in [3.63, 3.8) is 0 Å². The fourth-order valence-corrected chi connectivity index (χ4v) is 2.76. The maximum Gasteiger partial charge on any atom is 0.191 e. The van der Waals surface area contributed by atoms with Crippen LogP contribution in [-0.2, 0) is 13.0 Å². The smallest absolute Gasteiger partial charge is 0.191 e. The number of halogens is 1. The van der Waals surface area contributed by atoms with Crippen LogP contribution in [0.25, 0.3) is 0 Å². The molecule has 0 radical (unpaired) electrons. The summed E-state index contributed by atoms with van der Waals surface area (Å²) in [6.07, 6.45) is 0.921. The molecule has 0 saturated heterocycles. The molecule has 0 aliphatic heterocycles. The minimum atomic E-state index is 0.712. The van der Waals surface area contributed by atoms with Gasteiger partial charge in [-0.2, -0.15) is 0 Å². The van der Waals surface area contributed by atoms with Crippen molar-refractivity contribution in [2.45, 2.75) is 19.9 Å². The van der Waals surface area contributed by atoms with Gasteiger partial charge >= 0.3 is 0 Å². The Bertz CT molecular complexity index is 567. The van der Waals surface area contributed by atoms with Crippen LogP contribution in [0.4, 0.5) is 0 Å². The standard InChI is InChI=1S/C16H20ClN3S/c1-2-18-16(20-12-15-7-4-10-21-15)19-9-8-13-5-3-6-14(17)11-13/h3-7,10-11H,2,8-9,12H2,1H3,(H2,18,19,20). The number of nitrogens with zero attached hydrogens (tertiary/aromatic N) is 1. The average Bonchev–Trinajstić information content (AvgIpc) is 2.98. The van der Waals surface area contributed by atoms with Gasteiger partial charge in [-0.15, -0.1) is 11.3 Å². The van der Waals surface area contributed by atoms with Gasteiger partial charge in [-0.25, -0.2) is 4.99 Å². The third-order valence-corrected chi connectivity index (χ3v) is 4.01. The molecule has 2 rings (SSSR count). The van der Waals surface area contributed by atoms with E-state index in [1.165, 1.54) is 10.4 Å². The summed E-state index contributed by atoms with van der Waals surface area (Å²) in [5.74, 6) is 0.855. The number of rotatable bonds is 6. The molecular formula is C16H20ClN3S. The van der Waals surface area contributed by atoms with Crippen molar-refractivity contribution >= 4 is 28.9 Å². The Balaban J connectivity index is 1.83. The van der Waals surface area contributed by atoms with E-state index in [4.69, 9.17) is 11.6 Å². The summed E-state index contributed by atoms with van der Waals surface area (Å²) in [6, 6.07) is 12.1. The summed E-state index contributed by atoms with van der Waals surface area (Å²) >= 11 is 7.72. The topological polar surface area (TPSA) is 36.4 Å². The molecule has 0 fully saturated rings. The predicted molar refractivity (Wildman–Crippen MR) is 92.3 cm³/mol. The average molecular weight is 322 g/mol. The third kappa shape index (κ3) is 5.78. The van der Waals surface area contributed by atoms with Crippen LogP contribution in [0.3, 0.4) is 0 Å². The zero-order valence-corrected chi connectivity index (χ0v) is 13.7. The number of guanidine groups is 1. The van der Waals surface area contributed by atoms with Crippen molar-refractivity contribution in [3.05, 3.63) is 57.2 Å². The minimum Gasteiger partial charge on any atom is -0.357 e. The van der Waals surface area contributed by atoms with Gasteiger partial charge in [0, 0.05) is 23.0 Å². The van der Waals surface area contributed by atoms with Crippen molar-refractivity contribution in [2.24, 2.45) is 4.99 Å². The highest BCUT2D eigenvalue weighted by Crippen LogP contribution is 2.11. The zero-order valence-electron chi connectivity index (χ0n) is 12.1. The molecule has 2 N–H and O–H groups in total. The Morgan fingerprint density at radius 1 is 1.24 bits per heavy atom. The second-order valence-electron chi connectivity index (χ2n) is 4.58. The second-order valence-corrected chi connectivity index (χ2v) is 6.05. The molecule has 0 aliphatic rings. The molecular weight excluding hydrogens is 302 g/mol. The number of hydrogen-bond donors (Lipinski definition) is 2. The lowest BCUT2D eigenvalue weighted by atomic mass is 10.1. The molecule has 112 valence electrons. The third-order valence-electron chi connectivity index (χ3n) is 2.91. The Labute approximate surface area is 135 Å². The van der Waals surface area contributed by atoms with Crippen molar-refractivity contribution < 1.29 is 0 Å². The van der Waals surface area contributed by atoms with Crippen molar-refractivity contribution in [1.29, 1.82) is 0 Å². The van der Waals surface area contributed by atoms with E-state index in [1.54, 1.807) is 11.3 Å². The van der Waals surface area contributed by atoms with Gasteiger partial charge in [0.25, 0.3) is 0 Å². The van der Waals surface area contributed by atoms with Crippen LogP contribution in [0, 0.1) is 0 Å². The van der Waals surface area contributed by atoms with Crippen LogP contribution in [0.15, 0.2) is 46.8 Å². The highest BCUT2D eigenvalue weighted by molar-refractivity contribution is 7.09. The van der Waals surface area contributed by atoms with E-state index in [0.717, 1.165) is 30.5 Å². The van der Waals surface area contributed by atoms with Gasteiger partial charge in [-0.3, -0.25) is 0 Å². The van der Waals surface area contributed by atoms with Crippen molar-refractivity contribution in [2.75, 3.05) is 13.1 Å². The number of hydrogen-bond acceptors (Lipinski definition) is 2. The SMILES string of the molecule is CCNC(=NCc1cccs1)NCCc1cccc(Cl)c1. The van der Waals surface area contributed by atoms with Gasteiger partial charge < -0.3 is 10.6 Å². The predicted octanol–water partition coefficient (Wildman–Crippen LogP) is 3.70. The van der Waals surface area contributed by atoms with E-state index in [1.807, 2.05) is 18.2 Å². The fourth-order valence-electron chi connectivity index (χ4n) is 1.92. The van der Waals surface area contributed by atoms with E-state index in [-0.39, 0.29) is 0 Å². The maximum absolute atomic E-state index is 5.99. The number of benzene rings is 1. The Kier molecular flexibility index (Phi) is 6.57. The molecule has 0 amide bonds.